The molecule has 6 heteroatoms. The van der Waals surface area contributed by atoms with E-state index in [0.29, 0.717) is 22.3 Å². The number of benzene rings is 1. The Morgan fingerprint density at radius 2 is 2.27 bits per heavy atom. The molecular formula is C9H6BrF2NO2. The van der Waals surface area contributed by atoms with Crippen molar-refractivity contribution >= 4 is 27.0 Å². The van der Waals surface area contributed by atoms with Crippen molar-refractivity contribution in [2.75, 3.05) is 0 Å². The lowest BCUT2D eigenvalue weighted by Gasteiger charge is -2.02. The van der Waals surface area contributed by atoms with Gasteiger partial charge in [-0.15, -0.1) is 0 Å². The summed E-state index contributed by atoms with van der Waals surface area (Å²) in [7, 11) is 0. The maximum atomic E-state index is 11.9. The van der Waals surface area contributed by atoms with E-state index in [2.05, 4.69) is 25.7 Å². The zero-order valence-electron chi connectivity index (χ0n) is 7.41. The van der Waals surface area contributed by atoms with Crippen LogP contribution in [0.4, 0.5) is 8.78 Å². The normalized spacial score (nSPS) is 11.2. The molecule has 15 heavy (non-hydrogen) atoms. The molecule has 1 aromatic carbocycles. The number of oxazole rings is 1. The maximum absolute atomic E-state index is 11.9. The Hall–Kier alpha value is -1.17. The quantitative estimate of drug-likeness (QED) is 0.808. The first-order valence-electron chi connectivity index (χ1n) is 4.09. The molecule has 0 saturated heterocycles. The Morgan fingerprint density at radius 1 is 1.47 bits per heavy atom. The van der Waals surface area contributed by atoms with Crippen molar-refractivity contribution in [1.29, 1.82) is 0 Å². The average Bonchev–Trinajstić information content (AvgIpc) is 2.58. The lowest BCUT2D eigenvalue weighted by molar-refractivity contribution is -0.0497. The Kier molecular flexibility index (Phi) is 2.86. The van der Waals surface area contributed by atoms with Crippen molar-refractivity contribution in [1.82, 2.24) is 4.98 Å². The zero-order chi connectivity index (χ0) is 10.8. The first-order valence-corrected chi connectivity index (χ1v) is 5.21. The lowest BCUT2D eigenvalue weighted by atomic mass is 10.3. The highest BCUT2D eigenvalue weighted by atomic mass is 79.9. The molecule has 0 unspecified atom stereocenters. The number of hydrogen-bond donors (Lipinski definition) is 0. The number of aromatic nitrogens is 1. The van der Waals surface area contributed by atoms with E-state index in [-0.39, 0.29) is 5.75 Å². The first kappa shape index (κ1) is 10.4. The minimum atomic E-state index is -2.83. The molecule has 0 N–H and O–H groups in total. The molecule has 80 valence electrons. The average molecular weight is 278 g/mol. The number of ether oxygens (including phenoxy) is 1. The molecule has 0 amide bonds. The number of fused-ring (bicyclic) bond motifs is 1. The third-order valence-electron chi connectivity index (χ3n) is 1.74. The number of alkyl halides is 3. The molecule has 2 aromatic rings. The van der Waals surface area contributed by atoms with Gasteiger partial charge in [-0.2, -0.15) is 8.78 Å². The van der Waals surface area contributed by atoms with Crippen molar-refractivity contribution in [2.24, 2.45) is 0 Å². The fourth-order valence-corrected chi connectivity index (χ4v) is 1.43. The molecule has 0 spiro atoms. The van der Waals surface area contributed by atoms with Crippen LogP contribution in [0.25, 0.3) is 11.1 Å². The van der Waals surface area contributed by atoms with E-state index in [1.807, 2.05) is 0 Å². The highest BCUT2D eigenvalue weighted by Crippen LogP contribution is 2.23. The van der Waals surface area contributed by atoms with Crippen molar-refractivity contribution in [3.8, 4) is 5.75 Å². The minimum Gasteiger partial charge on any atom is -0.440 e. The van der Waals surface area contributed by atoms with Crippen LogP contribution in [0, 0.1) is 0 Å². The van der Waals surface area contributed by atoms with E-state index in [9.17, 15) is 8.78 Å². The Balaban J connectivity index is 2.37. The van der Waals surface area contributed by atoms with Crippen molar-refractivity contribution < 1.29 is 17.9 Å². The van der Waals surface area contributed by atoms with Gasteiger partial charge in [-0.3, -0.25) is 0 Å². The fraction of sp³-hybridized carbons (Fsp3) is 0.222. The molecule has 2 rings (SSSR count). The van der Waals surface area contributed by atoms with Crippen LogP contribution in [0.2, 0.25) is 0 Å². The largest absolute Gasteiger partial charge is 0.440 e. The molecule has 0 radical (unpaired) electrons. The molecule has 0 aliphatic heterocycles. The minimum absolute atomic E-state index is 0.0759. The predicted molar refractivity (Wildman–Crippen MR) is 53.3 cm³/mol. The van der Waals surface area contributed by atoms with Gasteiger partial charge in [0, 0.05) is 6.07 Å². The molecule has 0 bridgehead atoms. The summed E-state index contributed by atoms with van der Waals surface area (Å²) in [4.78, 5) is 4.06. The summed E-state index contributed by atoms with van der Waals surface area (Å²) in [6, 6.07) is 4.38. The molecular weight excluding hydrogens is 272 g/mol. The van der Waals surface area contributed by atoms with Crippen molar-refractivity contribution in [3.05, 3.63) is 24.1 Å². The fourth-order valence-electron chi connectivity index (χ4n) is 1.19. The van der Waals surface area contributed by atoms with E-state index in [1.54, 1.807) is 6.07 Å². The number of rotatable bonds is 3. The van der Waals surface area contributed by atoms with E-state index >= 15 is 0 Å². The van der Waals surface area contributed by atoms with Crippen LogP contribution >= 0.6 is 15.9 Å². The second-order valence-electron chi connectivity index (χ2n) is 2.75. The second kappa shape index (κ2) is 4.14. The third-order valence-corrected chi connectivity index (χ3v) is 2.22. The molecule has 0 atom stereocenters. The van der Waals surface area contributed by atoms with E-state index < -0.39 is 6.61 Å². The molecule has 0 aliphatic carbocycles. The van der Waals surface area contributed by atoms with Gasteiger partial charge in [-0.05, 0) is 12.1 Å². The van der Waals surface area contributed by atoms with Crippen LogP contribution in [0.3, 0.4) is 0 Å². The molecule has 0 saturated carbocycles. The van der Waals surface area contributed by atoms with Crippen LogP contribution in [0.5, 0.6) is 5.75 Å². The molecule has 3 nitrogen and oxygen atoms in total. The highest BCUT2D eigenvalue weighted by molar-refractivity contribution is 9.08. The van der Waals surface area contributed by atoms with E-state index in [0.717, 1.165) is 0 Å². The van der Waals surface area contributed by atoms with Gasteiger partial charge >= 0.3 is 6.61 Å². The van der Waals surface area contributed by atoms with Crippen molar-refractivity contribution in [3.63, 3.8) is 0 Å². The highest BCUT2D eigenvalue weighted by Gasteiger charge is 2.08. The predicted octanol–water partition coefficient (Wildman–Crippen LogP) is 3.32. The van der Waals surface area contributed by atoms with E-state index in [4.69, 9.17) is 4.42 Å². The van der Waals surface area contributed by atoms with Gasteiger partial charge in [0.2, 0.25) is 5.89 Å². The van der Waals surface area contributed by atoms with Gasteiger partial charge in [0.05, 0.1) is 5.33 Å². The summed E-state index contributed by atoms with van der Waals surface area (Å²) in [5.74, 6) is 0.575. The monoisotopic (exact) mass is 277 g/mol. The van der Waals surface area contributed by atoms with Crippen LogP contribution in [0.15, 0.2) is 22.6 Å². The Bertz CT molecular complexity index is 472. The summed E-state index contributed by atoms with van der Waals surface area (Å²) in [6.45, 7) is -2.83. The first-order chi connectivity index (χ1) is 7.19. The molecule has 1 aromatic heterocycles. The second-order valence-corrected chi connectivity index (χ2v) is 3.31. The zero-order valence-corrected chi connectivity index (χ0v) is 9.00. The van der Waals surface area contributed by atoms with Crippen LogP contribution in [-0.2, 0) is 5.33 Å². The number of nitrogens with zero attached hydrogens (tertiary/aromatic N) is 1. The third kappa shape index (κ3) is 2.26. The number of hydrogen-bond acceptors (Lipinski definition) is 3. The van der Waals surface area contributed by atoms with Crippen LogP contribution in [-0.4, -0.2) is 11.6 Å². The SMILES string of the molecule is FC(F)Oc1ccc2oc(CBr)nc2c1. The van der Waals surface area contributed by atoms with E-state index in [1.165, 1.54) is 12.1 Å². The van der Waals surface area contributed by atoms with Gasteiger partial charge in [0.15, 0.2) is 5.58 Å². The standard InChI is InChI=1S/C9H6BrF2NO2/c10-4-8-13-6-3-5(14-9(11)12)1-2-7(6)15-8/h1-3,9H,4H2. The molecule has 0 aliphatic rings. The summed E-state index contributed by atoms with van der Waals surface area (Å²) in [5, 5.41) is 0.479. The Morgan fingerprint density at radius 3 is 2.93 bits per heavy atom. The molecule has 0 fully saturated rings. The summed E-state index contributed by atoms with van der Waals surface area (Å²) in [6.07, 6.45) is 0. The van der Waals surface area contributed by atoms with Gasteiger partial charge in [0.25, 0.3) is 0 Å². The number of halogens is 3. The van der Waals surface area contributed by atoms with Crippen molar-refractivity contribution in [2.45, 2.75) is 11.9 Å². The topological polar surface area (TPSA) is 35.3 Å². The van der Waals surface area contributed by atoms with Gasteiger partial charge in [-0.25, -0.2) is 4.98 Å². The van der Waals surface area contributed by atoms with Gasteiger partial charge in [-0.1, -0.05) is 15.9 Å². The summed E-state index contributed by atoms with van der Waals surface area (Å²) >= 11 is 3.19. The van der Waals surface area contributed by atoms with Gasteiger partial charge < -0.3 is 9.15 Å². The summed E-state index contributed by atoms with van der Waals surface area (Å²) in [5.41, 5.74) is 1.05. The smallest absolute Gasteiger partial charge is 0.387 e. The van der Waals surface area contributed by atoms with Gasteiger partial charge in [0.1, 0.15) is 11.3 Å². The summed E-state index contributed by atoms with van der Waals surface area (Å²) < 4.78 is 33.4. The van der Waals surface area contributed by atoms with Crippen LogP contribution < -0.4 is 4.74 Å². The Labute approximate surface area is 92.2 Å². The van der Waals surface area contributed by atoms with Crippen LogP contribution in [0.1, 0.15) is 5.89 Å². The maximum Gasteiger partial charge on any atom is 0.387 e. The lowest BCUT2D eigenvalue weighted by Crippen LogP contribution is -2.01. The molecule has 1 heterocycles.